The molecule has 2 saturated heterocycles. The van der Waals surface area contributed by atoms with Crippen LogP contribution >= 0.6 is 0 Å². The standard InChI is InChI=1S/C70H90N8O23/c79-38-59-63(83)65(85)67(87)69(100-59)98-43-61(81)71-34-55-36-77(75-73-55)45-95-31-27-91-23-21-89-25-29-93-40-47(41-94-30-26-90-22-24-92-28-32-96-46-78-37-56(74-76-78)35-72-62(82)44-99-70-68(88)66(86)64(84)60(39-80)101-70)42-97-58-33-54(52-13-11-50(12-14-52)48-7-3-1-4-8-48)19-20-57(58)53-17-15-51(16-18-53)49-9-5-2-6-10-49/h1-20,33,36-37,47,59-60,63-70,79-80,83-88H,21-32,34-35,38-46H2,(H,71,81)(H,72,82)/t59-,60-,63-,64-,65+,66+,67+,68+,69+,70+/m1/s1. The zero-order valence-corrected chi connectivity index (χ0v) is 55.8. The summed E-state index contributed by atoms with van der Waals surface area (Å²) >= 11 is 0. The van der Waals surface area contributed by atoms with Crippen LogP contribution in [0.3, 0.4) is 0 Å². The molecule has 2 aliphatic heterocycles. The van der Waals surface area contributed by atoms with Gasteiger partial charge in [0.1, 0.15) is 92.6 Å². The second-order valence-corrected chi connectivity index (χ2v) is 23.5. The Labute approximate surface area is 583 Å². The lowest BCUT2D eigenvalue weighted by Gasteiger charge is -2.39. The van der Waals surface area contributed by atoms with Crippen LogP contribution in [-0.4, -0.2) is 270 Å². The van der Waals surface area contributed by atoms with E-state index in [1.807, 2.05) is 36.4 Å². The molecule has 7 aromatic rings. The van der Waals surface area contributed by atoms with Crippen LogP contribution in [0.4, 0.5) is 0 Å². The van der Waals surface area contributed by atoms with Gasteiger partial charge in [-0.05, 0) is 45.0 Å². The summed E-state index contributed by atoms with van der Waals surface area (Å²) in [5, 5.41) is 99.9. The summed E-state index contributed by atoms with van der Waals surface area (Å²) in [4.78, 5) is 24.8. The highest BCUT2D eigenvalue weighted by molar-refractivity contribution is 5.79. The number of carbonyl (C=O) groups is 2. The van der Waals surface area contributed by atoms with E-state index in [4.69, 9.17) is 61.6 Å². The summed E-state index contributed by atoms with van der Waals surface area (Å²) in [6.45, 7) is 2.39. The average molecular weight is 1410 g/mol. The molecule has 2 amide bonds. The van der Waals surface area contributed by atoms with E-state index in [-0.39, 0.29) is 52.3 Å². The maximum Gasteiger partial charge on any atom is 0.246 e. The molecule has 2 aromatic heterocycles. The number of aliphatic hydroxyl groups excluding tert-OH is 8. The first-order chi connectivity index (χ1) is 49.3. The number of benzene rings is 5. The van der Waals surface area contributed by atoms with Crippen molar-refractivity contribution in [3.63, 3.8) is 0 Å². The van der Waals surface area contributed by atoms with Crippen LogP contribution in [0.1, 0.15) is 11.4 Å². The summed E-state index contributed by atoms with van der Waals surface area (Å²) in [7, 11) is 0. The SMILES string of the molecule is O=C(CO[C@H]1O[C@H](CO)[C@@H](O)[C@H](O)[C@@H]1O)NCc1cn(COCCOCCOCCOCC(COCCOCCOCCOCn2cc(CNC(=O)CO[C@H]3O[C@H](CO)[C@@H](O)[C@H](O)[C@@H]3O)nn2)COc2cc(-c3ccc(-c4ccccc4)cc3)ccc2-c2ccc(-c3ccccc3)cc2)nn1. The van der Waals surface area contributed by atoms with Gasteiger partial charge in [-0.2, -0.15) is 0 Å². The zero-order valence-electron chi connectivity index (χ0n) is 55.8. The third-order valence-corrected chi connectivity index (χ3v) is 16.0. The number of hydrogen-bond acceptors (Lipinski definition) is 27. The molecule has 5 aromatic carbocycles. The van der Waals surface area contributed by atoms with Gasteiger partial charge >= 0.3 is 0 Å². The summed E-state index contributed by atoms with van der Waals surface area (Å²) in [6.07, 6.45) is -11.6. The van der Waals surface area contributed by atoms with Gasteiger partial charge in [-0.1, -0.05) is 132 Å². The highest BCUT2D eigenvalue weighted by Crippen LogP contribution is 2.37. The molecule has 0 unspecified atom stereocenters. The van der Waals surface area contributed by atoms with Crippen LogP contribution in [0.2, 0.25) is 0 Å². The van der Waals surface area contributed by atoms with E-state index in [9.17, 15) is 50.4 Å². The summed E-state index contributed by atoms with van der Waals surface area (Å²) in [6, 6.07) is 43.8. The van der Waals surface area contributed by atoms with Gasteiger partial charge in [0.15, 0.2) is 12.6 Å². The van der Waals surface area contributed by atoms with Gasteiger partial charge in [-0.15, -0.1) is 10.2 Å². The van der Waals surface area contributed by atoms with Gasteiger partial charge in [-0.25, -0.2) is 9.36 Å². The molecule has 101 heavy (non-hydrogen) atoms. The van der Waals surface area contributed by atoms with Gasteiger partial charge in [0.25, 0.3) is 0 Å². The highest BCUT2D eigenvalue weighted by atomic mass is 16.7. The fraction of sp³-hybridized carbons (Fsp3) is 0.486. The molecule has 31 heteroatoms. The minimum atomic E-state index is -1.63. The Morgan fingerprint density at radius 3 is 1.21 bits per heavy atom. The van der Waals surface area contributed by atoms with E-state index >= 15 is 0 Å². The maximum absolute atomic E-state index is 12.4. The fourth-order valence-electron chi connectivity index (χ4n) is 10.5. The summed E-state index contributed by atoms with van der Waals surface area (Å²) in [5.74, 6) is -0.634. The van der Waals surface area contributed by atoms with E-state index in [1.54, 1.807) is 12.4 Å². The Balaban J connectivity index is 0.681. The fourth-order valence-corrected chi connectivity index (χ4v) is 10.5. The first-order valence-corrected chi connectivity index (χ1v) is 33.2. The van der Waals surface area contributed by atoms with Crippen molar-refractivity contribution >= 4 is 11.8 Å². The van der Waals surface area contributed by atoms with Gasteiger partial charge in [0.05, 0.1) is 138 Å². The number of carbonyl (C=O) groups excluding carboxylic acids is 2. The molecule has 9 rings (SSSR count). The summed E-state index contributed by atoms with van der Waals surface area (Å²) < 4.78 is 77.4. The third kappa shape index (κ3) is 24.8. The molecule has 4 heterocycles. The first-order valence-electron chi connectivity index (χ1n) is 33.2. The number of amides is 2. The van der Waals surface area contributed by atoms with E-state index in [0.717, 1.165) is 44.5 Å². The third-order valence-electron chi connectivity index (χ3n) is 16.0. The van der Waals surface area contributed by atoms with Crippen molar-refractivity contribution in [2.75, 3.05) is 126 Å². The van der Waals surface area contributed by atoms with Crippen LogP contribution in [0.25, 0.3) is 44.5 Å². The predicted octanol–water partition coefficient (Wildman–Crippen LogP) is 0.846. The van der Waals surface area contributed by atoms with Crippen molar-refractivity contribution in [2.45, 2.75) is 88.0 Å². The van der Waals surface area contributed by atoms with Crippen LogP contribution in [-0.2, 0) is 93.0 Å². The molecule has 0 aliphatic carbocycles. The van der Waals surface area contributed by atoms with Crippen molar-refractivity contribution in [3.8, 4) is 50.3 Å². The minimum absolute atomic E-state index is 0.0126. The number of nitrogens with one attached hydrogen (secondary N) is 2. The monoisotopic (exact) mass is 1410 g/mol. The largest absolute Gasteiger partial charge is 0.492 e. The van der Waals surface area contributed by atoms with Crippen molar-refractivity contribution in [1.82, 2.24) is 40.6 Å². The molecule has 0 saturated carbocycles. The lowest BCUT2D eigenvalue weighted by Crippen LogP contribution is -2.59. The van der Waals surface area contributed by atoms with Crippen molar-refractivity contribution in [3.05, 3.63) is 151 Å². The van der Waals surface area contributed by atoms with Crippen molar-refractivity contribution in [2.24, 2.45) is 5.92 Å². The lowest BCUT2D eigenvalue weighted by molar-refractivity contribution is -0.299. The number of nitrogens with zero attached hydrogens (tertiary/aromatic N) is 6. The van der Waals surface area contributed by atoms with E-state index < -0.39 is 99.7 Å². The molecule has 0 bridgehead atoms. The molecule has 10 atom stereocenters. The molecular weight excluding hydrogens is 1320 g/mol. The molecule has 31 nitrogen and oxygen atoms in total. The molecule has 0 spiro atoms. The maximum atomic E-state index is 12.4. The lowest BCUT2D eigenvalue weighted by atomic mass is 9.96. The average Bonchev–Trinajstić information content (AvgIpc) is 1.07. The Kier molecular flexibility index (Phi) is 32.3. The number of rotatable bonds is 45. The normalized spacial score (nSPS) is 20.7. The van der Waals surface area contributed by atoms with E-state index in [0.29, 0.717) is 96.4 Å². The summed E-state index contributed by atoms with van der Waals surface area (Å²) in [5.41, 5.74) is 9.32. The highest BCUT2D eigenvalue weighted by Gasteiger charge is 2.45. The topological polar surface area (TPSA) is 401 Å². The smallest absolute Gasteiger partial charge is 0.246 e. The minimum Gasteiger partial charge on any atom is -0.492 e. The molecule has 548 valence electrons. The second kappa shape index (κ2) is 42.0. The van der Waals surface area contributed by atoms with Crippen LogP contribution in [0.5, 0.6) is 5.75 Å². The molecule has 2 fully saturated rings. The molecule has 10 N–H and O–H groups in total. The first kappa shape index (κ1) is 77.5. The quantitative estimate of drug-likeness (QED) is 0.0237. The van der Waals surface area contributed by atoms with Gasteiger partial charge in [-0.3, -0.25) is 9.59 Å². The predicted molar refractivity (Wildman–Crippen MR) is 357 cm³/mol. The van der Waals surface area contributed by atoms with Crippen LogP contribution in [0, 0.1) is 5.92 Å². The molecule has 0 radical (unpaired) electrons. The van der Waals surface area contributed by atoms with Gasteiger partial charge < -0.3 is 113 Å². The number of aromatic nitrogens is 6. The molecular formula is C70H90N8O23. The number of hydrogen-bond donors (Lipinski definition) is 10. The van der Waals surface area contributed by atoms with Gasteiger partial charge in [0, 0.05) is 11.5 Å². The van der Waals surface area contributed by atoms with Crippen LogP contribution < -0.4 is 15.4 Å². The molecule has 2 aliphatic rings. The zero-order chi connectivity index (χ0) is 71.0. The Morgan fingerprint density at radius 1 is 0.426 bits per heavy atom. The van der Waals surface area contributed by atoms with Crippen molar-refractivity contribution < 1.29 is 112 Å². The van der Waals surface area contributed by atoms with E-state index in [1.165, 1.54) is 9.36 Å². The Bertz CT molecular complexity index is 3370. The number of ether oxygens (including phenoxy) is 13. The van der Waals surface area contributed by atoms with Crippen molar-refractivity contribution in [1.29, 1.82) is 0 Å². The Morgan fingerprint density at radius 2 is 0.792 bits per heavy atom. The van der Waals surface area contributed by atoms with Crippen LogP contribution in [0.15, 0.2) is 140 Å². The number of aliphatic hydroxyl groups is 8. The second-order valence-electron chi connectivity index (χ2n) is 23.5. The van der Waals surface area contributed by atoms with E-state index in [2.05, 4.69) is 122 Å². The van der Waals surface area contributed by atoms with Gasteiger partial charge in [0.2, 0.25) is 11.8 Å². The Hall–Kier alpha value is -7.68.